The summed E-state index contributed by atoms with van der Waals surface area (Å²) in [6.07, 6.45) is 1.81. The zero-order chi connectivity index (χ0) is 17.0. The molecule has 0 fully saturated rings. The first kappa shape index (κ1) is 17.5. The summed E-state index contributed by atoms with van der Waals surface area (Å²) >= 11 is 3.13. The molecule has 122 valence electrons. The minimum atomic E-state index is -0.347. The maximum atomic E-state index is 13.6. The molecule has 2 aromatic rings. The van der Waals surface area contributed by atoms with Gasteiger partial charge < -0.3 is 9.64 Å². The van der Waals surface area contributed by atoms with Gasteiger partial charge in [-0.2, -0.15) is 0 Å². The van der Waals surface area contributed by atoms with Gasteiger partial charge in [0.25, 0.3) is 0 Å². The number of nitrogens with zero attached hydrogens (tertiary/aromatic N) is 2. The average molecular weight is 379 g/mol. The van der Waals surface area contributed by atoms with E-state index in [1.54, 1.807) is 12.1 Å². The van der Waals surface area contributed by atoms with Crippen molar-refractivity contribution in [2.75, 3.05) is 13.6 Å². The summed E-state index contributed by atoms with van der Waals surface area (Å²) in [5, 5.41) is 0. The number of hydrogen-bond acceptors (Lipinski definition) is 2. The minimum absolute atomic E-state index is 0.347. The van der Waals surface area contributed by atoms with E-state index in [-0.39, 0.29) is 5.82 Å². The molecule has 0 aromatic heterocycles. The van der Waals surface area contributed by atoms with Crippen LogP contribution in [-0.4, -0.2) is 24.8 Å². The first-order chi connectivity index (χ1) is 10.9. The lowest BCUT2D eigenvalue weighted by molar-refractivity contribution is 0.472. The van der Waals surface area contributed by atoms with Gasteiger partial charge in [-0.1, -0.05) is 0 Å². The number of benzene rings is 2. The van der Waals surface area contributed by atoms with Gasteiger partial charge in [-0.05, 0) is 72.1 Å². The van der Waals surface area contributed by atoms with Crippen LogP contribution in [0.1, 0.15) is 18.1 Å². The normalized spacial score (nSPS) is 11.0. The molecule has 0 heterocycles. The monoisotopic (exact) mass is 378 g/mol. The van der Waals surface area contributed by atoms with Gasteiger partial charge in [0.15, 0.2) is 0 Å². The largest absolute Gasteiger partial charge is 0.457 e. The van der Waals surface area contributed by atoms with Crippen LogP contribution in [0.5, 0.6) is 11.5 Å². The van der Waals surface area contributed by atoms with Gasteiger partial charge in [0.1, 0.15) is 17.3 Å². The molecule has 0 atom stereocenters. The van der Waals surface area contributed by atoms with Crippen LogP contribution in [0.3, 0.4) is 0 Å². The van der Waals surface area contributed by atoms with Crippen molar-refractivity contribution >= 4 is 28.0 Å². The number of rotatable bonds is 5. The molecule has 0 amide bonds. The summed E-state index contributed by atoms with van der Waals surface area (Å²) in [5.74, 6) is 0.822. The Morgan fingerprint density at radius 2 is 1.96 bits per heavy atom. The molecule has 0 saturated heterocycles. The standard InChI is InChI=1S/C18H20BrFN2O/c1-5-22(4)11-21-17-8-13(3)18(9-12(17)2)23-14-6-7-15(19)16(20)10-14/h6-11H,5H2,1-4H3/b21-11-. The van der Waals surface area contributed by atoms with E-state index in [0.717, 1.165) is 23.4 Å². The van der Waals surface area contributed by atoms with Crippen LogP contribution in [0.25, 0.3) is 0 Å². The second-order valence-electron chi connectivity index (χ2n) is 5.40. The van der Waals surface area contributed by atoms with Crippen molar-refractivity contribution < 1.29 is 9.13 Å². The minimum Gasteiger partial charge on any atom is -0.457 e. The van der Waals surface area contributed by atoms with Crippen LogP contribution in [0.15, 0.2) is 39.8 Å². The predicted octanol–water partition coefficient (Wildman–Crippen LogP) is 5.61. The summed E-state index contributed by atoms with van der Waals surface area (Å²) in [7, 11) is 1.98. The third kappa shape index (κ3) is 4.55. The molecule has 0 spiro atoms. The molecule has 0 saturated carbocycles. The smallest absolute Gasteiger partial charge is 0.141 e. The second-order valence-corrected chi connectivity index (χ2v) is 6.25. The molecule has 0 bridgehead atoms. The molecule has 2 rings (SSSR count). The highest BCUT2D eigenvalue weighted by atomic mass is 79.9. The molecule has 0 aliphatic carbocycles. The maximum Gasteiger partial charge on any atom is 0.141 e. The predicted molar refractivity (Wildman–Crippen MR) is 96.5 cm³/mol. The van der Waals surface area contributed by atoms with Crippen molar-refractivity contribution in [2.24, 2.45) is 4.99 Å². The Balaban J connectivity index is 2.25. The van der Waals surface area contributed by atoms with Crippen molar-refractivity contribution in [1.82, 2.24) is 4.90 Å². The van der Waals surface area contributed by atoms with E-state index in [4.69, 9.17) is 4.74 Å². The van der Waals surface area contributed by atoms with Gasteiger partial charge in [-0.15, -0.1) is 0 Å². The Kier molecular flexibility index (Phi) is 5.77. The van der Waals surface area contributed by atoms with Crippen LogP contribution >= 0.6 is 15.9 Å². The van der Waals surface area contributed by atoms with Crippen molar-refractivity contribution in [3.8, 4) is 11.5 Å². The van der Waals surface area contributed by atoms with E-state index in [1.807, 2.05) is 44.3 Å². The third-order valence-corrected chi connectivity index (χ3v) is 4.15. The number of ether oxygens (including phenoxy) is 1. The van der Waals surface area contributed by atoms with E-state index in [0.29, 0.717) is 16.0 Å². The van der Waals surface area contributed by atoms with Gasteiger partial charge in [-0.25, -0.2) is 9.38 Å². The Bertz CT molecular complexity index is 731. The zero-order valence-corrected chi connectivity index (χ0v) is 15.3. The summed E-state index contributed by atoms with van der Waals surface area (Å²) in [6.45, 7) is 6.90. The summed E-state index contributed by atoms with van der Waals surface area (Å²) in [4.78, 5) is 6.49. The van der Waals surface area contributed by atoms with Gasteiger partial charge >= 0.3 is 0 Å². The van der Waals surface area contributed by atoms with E-state index >= 15 is 0 Å². The average Bonchev–Trinajstić information content (AvgIpc) is 2.52. The number of aliphatic imine (C=N–C) groups is 1. The molecule has 0 N–H and O–H groups in total. The molecule has 0 radical (unpaired) electrons. The summed E-state index contributed by atoms with van der Waals surface area (Å²) in [6, 6.07) is 8.62. The molecular weight excluding hydrogens is 359 g/mol. The fourth-order valence-corrected chi connectivity index (χ4v) is 2.18. The quantitative estimate of drug-likeness (QED) is 0.498. The summed E-state index contributed by atoms with van der Waals surface area (Å²) < 4.78 is 19.8. The van der Waals surface area contributed by atoms with Crippen molar-refractivity contribution in [3.05, 3.63) is 51.7 Å². The van der Waals surface area contributed by atoms with Crippen molar-refractivity contribution in [3.63, 3.8) is 0 Å². The lowest BCUT2D eigenvalue weighted by Gasteiger charge is -2.13. The Labute approximate surface area is 144 Å². The van der Waals surface area contributed by atoms with Gasteiger partial charge in [0.05, 0.1) is 16.5 Å². The van der Waals surface area contributed by atoms with Gasteiger partial charge in [0, 0.05) is 19.7 Å². The Hall–Kier alpha value is -1.88. The van der Waals surface area contributed by atoms with Gasteiger partial charge in [0.2, 0.25) is 0 Å². The van der Waals surface area contributed by atoms with E-state index < -0.39 is 0 Å². The van der Waals surface area contributed by atoms with Crippen LogP contribution in [0.4, 0.5) is 10.1 Å². The molecule has 0 aliphatic rings. The molecule has 2 aromatic carbocycles. The lowest BCUT2D eigenvalue weighted by atomic mass is 10.1. The number of hydrogen-bond donors (Lipinski definition) is 0. The highest BCUT2D eigenvalue weighted by molar-refractivity contribution is 9.10. The molecule has 23 heavy (non-hydrogen) atoms. The first-order valence-corrected chi connectivity index (χ1v) is 8.18. The molecule has 3 nitrogen and oxygen atoms in total. The number of halogens is 2. The second kappa shape index (κ2) is 7.59. The fourth-order valence-electron chi connectivity index (χ4n) is 1.93. The first-order valence-electron chi connectivity index (χ1n) is 7.39. The van der Waals surface area contributed by atoms with E-state index in [1.165, 1.54) is 6.07 Å². The molecule has 0 aliphatic heterocycles. The van der Waals surface area contributed by atoms with Gasteiger partial charge in [-0.3, -0.25) is 0 Å². The maximum absolute atomic E-state index is 13.6. The fraction of sp³-hybridized carbons (Fsp3) is 0.278. The van der Waals surface area contributed by atoms with Crippen LogP contribution in [0.2, 0.25) is 0 Å². The van der Waals surface area contributed by atoms with Crippen LogP contribution in [0, 0.1) is 19.7 Å². The van der Waals surface area contributed by atoms with Crippen LogP contribution < -0.4 is 4.74 Å². The topological polar surface area (TPSA) is 24.8 Å². The summed E-state index contributed by atoms with van der Waals surface area (Å²) in [5.41, 5.74) is 2.85. The lowest BCUT2D eigenvalue weighted by Crippen LogP contribution is -2.14. The third-order valence-electron chi connectivity index (χ3n) is 3.51. The molecule has 5 heteroatoms. The number of aryl methyl sites for hydroxylation is 2. The Morgan fingerprint density at radius 1 is 1.22 bits per heavy atom. The molecular formula is C18H20BrFN2O. The zero-order valence-electron chi connectivity index (χ0n) is 13.7. The SMILES string of the molecule is CCN(C)/C=N\c1cc(C)c(Oc2ccc(Br)c(F)c2)cc1C. The van der Waals surface area contributed by atoms with Crippen LogP contribution in [-0.2, 0) is 0 Å². The van der Waals surface area contributed by atoms with E-state index in [9.17, 15) is 4.39 Å². The highest BCUT2D eigenvalue weighted by Gasteiger charge is 2.08. The van der Waals surface area contributed by atoms with E-state index in [2.05, 4.69) is 27.8 Å². The van der Waals surface area contributed by atoms with Crippen molar-refractivity contribution in [2.45, 2.75) is 20.8 Å². The van der Waals surface area contributed by atoms with Crippen molar-refractivity contribution in [1.29, 1.82) is 0 Å². The molecule has 0 unspecified atom stereocenters. The highest BCUT2D eigenvalue weighted by Crippen LogP contribution is 2.32. The Morgan fingerprint density at radius 3 is 2.61 bits per heavy atom.